The van der Waals surface area contributed by atoms with Crippen molar-refractivity contribution < 1.29 is 4.74 Å². The summed E-state index contributed by atoms with van der Waals surface area (Å²) in [5, 5.41) is 2.52. The van der Waals surface area contributed by atoms with E-state index in [0.717, 1.165) is 18.6 Å². The zero-order valence-corrected chi connectivity index (χ0v) is 12.6. The quantitative estimate of drug-likeness (QED) is 0.762. The zero-order valence-electron chi connectivity index (χ0n) is 12.6. The molecule has 0 bridgehead atoms. The molecule has 108 valence electrons. The molecule has 2 heteroatoms. The van der Waals surface area contributed by atoms with E-state index in [1.807, 2.05) is 6.07 Å². The van der Waals surface area contributed by atoms with E-state index in [-0.39, 0.29) is 6.04 Å². The second-order valence-electron chi connectivity index (χ2n) is 5.46. The molecule has 0 aliphatic rings. The number of unbranched alkanes of at least 4 members (excludes halogenated alkanes) is 2. The van der Waals surface area contributed by atoms with Crippen LogP contribution >= 0.6 is 0 Å². The molecule has 0 spiro atoms. The minimum Gasteiger partial charge on any atom is -0.497 e. The molecule has 0 fully saturated rings. The van der Waals surface area contributed by atoms with Crippen LogP contribution in [0, 0.1) is 0 Å². The monoisotopic (exact) mass is 271 g/mol. The van der Waals surface area contributed by atoms with Crippen molar-refractivity contribution in [3.05, 3.63) is 42.0 Å². The molecule has 2 rings (SSSR count). The van der Waals surface area contributed by atoms with E-state index in [1.165, 1.54) is 35.6 Å². The first kappa shape index (κ1) is 14.9. The fourth-order valence-electron chi connectivity index (χ4n) is 2.66. The molecule has 1 unspecified atom stereocenters. The van der Waals surface area contributed by atoms with Gasteiger partial charge in [-0.1, -0.05) is 50.5 Å². The lowest BCUT2D eigenvalue weighted by molar-refractivity contribution is 0.415. The Morgan fingerprint density at radius 2 is 2.00 bits per heavy atom. The topological polar surface area (TPSA) is 35.2 Å². The Morgan fingerprint density at radius 3 is 2.75 bits per heavy atom. The molecule has 0 aliphatic heterocycles. The molecule has 20 heavy (non-hydrogen) atoms. The first-order chi connectivity index (χ1) is 9.74. The Labute approximate surface area is 121 Å². The number of hydrogen-bond donors (Lipinski definition) is 1. The number of methoxy groups -OCH3 is 1. The highest BCUT2D eigenvalue weighted by atomic mass is 16.5. The van der Waals surface area contributed by atoms with Gasteiger partial charge in [0.1, 0.15) is 5.75 Å². The number of rotatable bonds is 7. The van der Waals surface area contributed by atoms with Crippen molar-refractivity contribution in [3.63, 3.8) is 0 Å². The molecule has 2 nitrogen and oxygen atoms in total. The van der Waals surface area contributed by atoms with Crippen molar-refractivity contribution in [2.45, 2.75) is 45.1 Å². The predicted octanol–water partition coefficient (Wildman–Crippen LogP) is 4.30. The fourth-order valence-corrected chi connectivity index (χ4v) is 2.66. The summed E-state index contributed by atoms with van der Waals surface area (Å²) in [4.78, 5) is 0. The van der Waals surface area contributed by atoms with Crippen LogP contribution < -0.4 is 10.5 Å². The molecule has 0 radical (unpaired) electrons. The second kappa shape index (κ2) is 7.30. The Bertz CT molecular complexity index is 550. The zero-order chi connectivity index (χ0) is 14.4. The Kier molecular flexibility index (Phi) is 5.42. The van der Waals surface area contributed by atoms with Gasteiger partial charge in [0, 0.05) is 6.04 Å². The van der Waals surface area contributed by atoms with Crippen LogP contribution in [0.4, 0.5) is 0 Å². The van der Waals surface area contributed by atoms with Gasteiger partial charge in [-0.25, -0.2) is 0 Å². The molecule has 2 aromatic rings. The van der Waals surface area contributed by atoms with Crippen molar-refractivity contribution in [2.24, 2.45) is 5.73 Å². The number of ether oxygens (including phenoxy) is 1. The summed E-state index contributed by atoms with van der Waals surface area (Å²) >= 11 is 0. The summed E-state index contributed by atoms with van der Waals surface area (Å²) in [5.74, 6) is 0.907. The third-order valence-electron chi connectivity index (χ3n) is 3.84. The van der Waals surface area contributed by atoms with Crippen molar-refractivity contribution in [3.8, 4) is 5.75 Å². The van der Waals surface area contributed by atoms with Crippen molar-refractivity contribution >= 4 is 10.8 Å². The minimum atomic E-state index is 0.248. The summed E-state index contributed by atoms with van der Waals surface area (Å²) in [5.41, 5.74) is 7.60. The first-order valence-electron chi connectivity index (χ1n) is 7.55. The molecule has 0 aromatic heterocycles. The highest BCUT2D eigenvalue weighted by Gasteiger charge is 2.08. The molecule has 0 saturated carbocycles. The number of nitrogens with two attached hydrogens (primary N) is 1. The van der Waals surface area contributed by atoms with Gasteiger partial charge >= 0.3 is 0 Å². The summed E-state index contributed by atoms with van der Waals surface area (Å²) in [6, 6.07) is 12.9. The molecule has 0 heterocycles. The fraction of sp³-hybridized carbons (Fsp3) is 0.444. The van der Waals surface area contributed by atoms with Crippen LogP contribution in [0.5, 0.6) is 5.75 Å². The van der Waals surface area contributed by atoms with Crippen molar-refractivity contribution in [1.29, 1.82) is 0 Å². The number of benzene rings is 2. The highest BCUT2D eigenvalue weighted by molar-refractivity contribution is 5.87. The van der Waals surface area contributed by atoms with Gasteiger partial charge in [-0.15, -0.1) is 0 Å². The molecule has 1 atom stereocenters. The van der Waals surface area contributed by atoms with Crippen LogP contribution in [-0.4, -0.2) is 13.2 Å². The van der Waals surface area contributed by atoms with E-state index >= 15 is 0 Å². The Morgan fingerprint density at radius 1 is 1.15 bits per heavy atom. The van der Waals surface area contributed by atoms with Crippen molar-refractivity contribution in [1.82, 2.24) is 0 Å². The summed E-state index contributed by atoms with van der Waals surface area (Å²) in [6.07, 6.45) is 5.80. The second-order valence-corrected chi connectivity index (χ2v) is 5.46. The first-order valence-corrected chi connectivity index (χ1v) is 7.55. The molecule has 0 aliphatic carbocycles. The van der Waals surface area contributed by atoms with E-state index in [2.05, 4.69) is 37.3 Å². The average Bonchev–Trinajstić information content (AvgIpc) is 2.47. The van der Waals surface area contributed by atoms with Gasteiger partial charge in [0.2, 0.25) is 0 Å². The lowest BCUT2D eigenvalue weighted by Gasteiger charge is -2.14. The molecular formula is C18H25NO. The number of fused-ring (bicyclic) bond motifs is 1. The smallest absolute Gasteiger partial charge is 0.119 e. The van der Waals surface area contributed by atoms with Gasteiger partial charge in [-0.05, 0) is 41.3 Å². The van der Waals surface area contributed by atoms with Crippen LogP contribution in [0.1, 0.15) is 38.2 Å². The van der Waals surface area contributed by atoms with Crippen LogP contribution in [0.3, 0.4) is 0 Å². The van der Waals surface area contributed by atoms with Gasteiger partial charge in [0.15, 0.2) is 0 Å². The molecule has 2 aromatic carbocycles. The Hall–Kier alpha value is -1.54. The van der Waals surface area contributed by atoms with E-state index in [0.29, 0.717) is 0 Å². The predicted molar refractivity (Wildman–Crippen MR) is 86.3 cm³/mol. The standard InChI is InChI=1S/C18H25NO/c1-3-4-5-9-16(19)12-15-8-6-7-14-10-11-17(20-2)13-18(14)15/h6-8,10-11,13,16H,3-5,9,12,19H2,1-2H3. The highest BCUT2D eigenvalue weighted by Crippen LogP contribution is 2.25. The van der Waals surface area contributed by atoms with E-state index in [9.17, 15) is 0 Å². The summed E-state index contributed by atoms with van der Waals surface area (Å²) in [6.45, 7) is 2.22. The van der Waals surface area contributed by atoms with Gasteiger partial charge in [-0.2, -0.15) is 0 Å². The lowest BCUT2D eigenvalue weighted by Crippen LogP contribution is -2.22. The van der Waals surface area contributed by atoms with E-state index < -0.39 is 0 Å². The van der Waals surface area contributed by atoms with Crippen LogP contribution in [0.25, 0.3) is 10.8 Å². The summed E-state index contributed by atoms with van der Waals surface area (Å²) in [7, 11) is 1.71. The van der Waals surface area contributed by atoms with Gasteiger partial charge in [0.05, 0.1) is 7.11 Å². The molecule has 0 amide bonds. The molecular weight excluding hydrogens is 246 g/mol. The third-order valence-corrected chi connectivity index (χ3v) is 3.84. The molecule has 2 N–H and O–H groups in total. The maximum atomic E-state index is 6.28. The average molecular weight is 271 g/mol. The normalized spacial score (nSPS) is 12.6. The van der Waals surface area contributed by atoms with Crippen LogP contribution in [0.2, 0.25) is 0 Å². The van der Waals surface area contributed by atoms with Crippen molar-refractivity contribution in [2.75, 3.05) is 7.11 Å². The maximum Gasteiger partial charge on any atom is 0.119 e. The number of hydrogen-bond acceptors (Lipinski definition) is 2. The van der Waals surface area contributed by atoms with Gasteiger partial charge in [-0.3, -0.25) is 0 Å². The SMILES string of the molecule is CCCCCC(N)Cc1cccc2ccc(OC)cc12. The Balaban J connectivity index is 2.16. The van der Waals surface area contributed by atoms with E-state index in [4.69, 9.17) is 10.5 Å². The largest absolute Gasteiger partial charge is 0.497 e. The van der Waals surface area contributed by atoms with Crippen LogP contribution in [-0.2, 0) is 6.42 Å². The maximum absolute atomic E-state index is 6.28. The van der Waals surface area contributed by atoms with E-state index in [1.54, 1.807) is 7.11 Å². The third kappa shape index (κ3) is 3.73. The van der Waals surface area contributed by atoms with Gasteiger partial charge < -0.3 is 10.5 Å². The minimum absolute atomic E-state index is 0.248. The van der Waals surface area contributed by atoms with Crippen LogP contribution in [0.15, 0.2) is 36.4 Å². The lowest BCUT2D eigenvalue weighted by atomic mass is 9.96. The molecule has 0 saturated heterocycles. The summed E-state index contributed by atoms with van der Waals surface area (Å²) < 4.78 is 5.33. The van der Waals surface area contributed by atoms with Gasteiger partial charge in [0.25, 0.3) is 0 Å².